The monoisotopic (exact) mass is 369 g/mol. The van der Waals surface area contributed by atoms with Gasteiger partial charge in [-0.3, -0.25) is 4.79 Å². The summed E-state index contributed by atoms with van der Waals surface area (Å²) in [5.41, 5.74) is 1.72. The van der Waals surface area contributed by atoms with Crippen LogP contribution in [0.5, 0.6) is 0 Å². The van der Waals surface area contributed by atoms with E-state index in [-0.39, 0.29) is 18.0 Å². The number of nitrogens with one attached hydrogen (secondary N) is 1. The Morgan fingerprint density at radius 2 is 1.78 bits per heavy atom. The minimum Gasteiger partial charge on any atom is -0.450 e. The van der Waals surface area contributed by atoms with Gasteiger partial charge in [0.15, 0.2) is 0 Å². The third-order valence-corrected chi connectivity index (χ3v) is 4.85. The average Bonchev–Trinajstić information content (AvgIpc) is 3.23. The van der Waals surface area contributed by atoms with Gasteiger partial charge in [-0.15, -0.1) is 0 Å². The normalized spacial score (nSPS) is 14.8. The molecule has 1 aliphatic heterocycles. The number of piperidine rings is 1. The molecule has 1 saturated heterocycles. The Morgan fingerprint density at radius 1 is 1.11 bits per heavy atom. The van der Waals surface area contributed by atoms with Crippen molar-refractivity contribution in [2.24, 2.45) is 0 Å². The maximum Gasteiger partial charge on any atom is 0.407 e. The number of hydrogen-bond acceptors (Lipinski definition) is 3. The summed E-state index contributed by atoms with van der Waals surface area (Å²) in [4.78, 5) is 26.3. The Hall–Kier alpha value is -2.76. The van der Waals surface area contributed by atoms with Crippen molar-refractivity contribution in [3.05, 3.63) is 54.4 Å². The molecule has 2 heterocycles. The molecule has 1 N–H and O–H groups in total. The molecule has 1 aromatic heterocycles. The molecule has 0 atom stereocenters. The highest BCUT2D eigenvalue weighted by Gasteiger charge is 2.24. The second-order valence-electron chi connectivity index (χ2n) is 6.84. The quantitative estimate of drug-likeness (QED) is 0.791. The van der Waals surface area contributed by atoms with Crippen molar-refractivity contribution in [3.8, 4) is 5.69 Å². The van der Waals surface area contributed by atoms with Gasteiger partial charge >= 0.3 is 6.09 Å². The van der Waals surface area contributed by atoms with Gasteiger partial charge in [-0.05, 0) is 55.7 Å². The number of alkyl carbamates (subject to hydrolysis) is 1. The molecule has 0 radical (unpaired) electrons. The highest BCUT2D eigenvalue weighted by molar-refractivity contribution is 5.94. The van der Waals surface area contributed by atoms with E-state index in [1.165, 1.54) is 0 Å². The smallest absolute Gasteiger partial charge is 0.407 e. The molecule has 144 valence electrons. The first kappa shape index (κ1) is 19.0. The second-order valence-corrected chi connectivity index (χ2v) is 6.84. The van der Waals surface area contributed by atoms with E-state index in [9.17, 15) is 9.59 Å². The number of amides is 2. The standard InChI is InChI=1S/C21H27N3O3/c1-2-3-16-27-21(26)22-18-10-14-24(15-11-18)20(25)17-6-8-19(9-7-17)23-12-4-5-13-23/h4-9,12-13,18H,2-3,10-11,14-16H2,1H3,(H,22,26). The van der Waals surface area contributed by atoms with Crippen molar-refractivity contribution >= 4 is 12.0 Å². The number of hydrogen-bond donors (Lipinski definition) is 1. The van der Waals surface area contributed by atoms with Crippen LogP contribution in [0.15, 0.2) is 48.8 Å². The van der Waals surface area contributed by atoms with E-state index >= 15 is 0 Å². The number of benzene rings is 1. The molecule has 1 aliphatic rings. The number of unbranched alkanes of at least 4 members (excludes halogenated alkanes) is 1. The van der Waals surface area contributed by atoms with Crippen LogP contribution in [0.4, 0.5) is 4.79 Å². The van der Waals surface area contributed by atoms with Crippen LogP contribution in [0, 0.1) is 0 Å². The van der Waals surface area contributed by atoms with E-state index in [0.29, 0.717) is 25.3 Å². The van der Waals surface area contributed by atoms with E-state index in [2.05, 4.69) is 12.2 Å². The number of nitrogens with zero attached hydrogens (tertiary/aromatic N) is 2. The SMILES string of the molecule is CCCCOC(=O)NC1CCN(C(=O)c2ccc(-n3cccc3)cc2)CC1. The number of ether oxygens (including phenoxy) is 1. The van der Waals surface area contributed by atoms with E-state index in [4.69, 9.17) is 4.74 Å². The number of rotatable bonds is 6. The van der Waals surface area contributed by atoms with Crippen molar-refractivity contribution in [2.75, 3.05) is 19.7 Å². The van der Waals surface area contributed by atoms with Crippen molar-refractivity contribution in [2.45, 2.75) is 38.6 Å². The third-order valence-electron chi connectivity index (χ3n) is 4.85. The Balaban J connectivity index is 1.47. The predicted molar refractivity (Wildman–Crippen MR) is 104 cm³/mol. The van der Waals surface area contributed by atoms with Crippen molar-refractivity contribution in [1.82, 2.24) is 14.8 Å². The first-order valence-electron chi connectivity index (χ1n) is 9.63. The van der Waals surface area contributed by atoms with Gasteiger partial charge in [0.1, 0.15) is 0 Å². The van der Waals surface area contributed by atoms with Gasteiger partial charge in [-0.25, -0.2) is 4.79 Å². The first-order valence-corrected chi connectivity index (χ1v) is 9.63. The van der Waals surface area contributed by atoms with E-state index in [0.717, 1.165) is 31.4 Å². The third kappa shape index (κ3) is 5.12. The molecule has 0 saturated carbocycles. The zero-order valence-electron chi connectivity index (χ0n) is 15.8. The molecule has 6 nitrogen and oxygen atoms in total. The van der Waals surface area contributed by atoms with Crippen molar-refractivity contribution < 1.29 is 14.3 Å². The van der Waals surface area contributed by atoms with Gasteiger partial charge in [0, 0.05) is 42.8 Å². The van der Waals surface area contributed by atoms with Crippen LogP contribution in [-0.4, -0.2) is 47.2 Å². The summed E-state index contributed by atoms with van der Waals surface area (Å²) in [5, 5.41) is 2.90. The molecule has 1 aromatic carbocycles. The Morgan fingerprint density at radius 3 is 2.41 bits per heavy atom. The molecule has 0 unspecified atom stereocenters. The molecule has 2 amide bonds. The molecule has 0 spiro atoms. The fraction of sp³-hybridized carbons (Fsp3) is 0.429. The van der Waals surface area contributed by atoms with Gasteiger partial charge in [0.2, 0.25) is 0 Å². The second kappa shape index (κ2) is 9.26. The van der Waals surface area contributed by atoms with E-state index < -0.39 is 0 Å². The van der Waals surface area contributed by atoms with Crippen molar-refractivity contribution in [1.29, 1.82) is 0 Å². The summed E-state index contributed by atoms with van der Waals surface area (Å²) in [6.07, 6.45) is 6.97. The molecular formula is C21H27N3O3. The molecular weight excluding hydrogens is 342 g/mol. The van der Waals surface area contributed by atoms with Gasteiger partial charge in [0.25, 0.3) is 5.91 Å². The topological polar surface area (TPSA) is 63.6 Å². The number of aromatic nitrogens is 1. The van der Waals surface area contributed by atoms with Crippen LogP contribution in [0.2, 0.25) is 0 Å². The molecule has 1 fully saturated rings. The van der Waals surface area contributed by atoms with E-state index in [1.54, 1.807) is 0 Å². The number of carbonyl (C=O) groups excluding carboxylic acids is 2. The maximum atomic E-state index is 12.7. The molecule has 2 aromatic rings. The number of likely N-dealkylation sites (tertiary alicyclic amines) is 1. The number of carbonyl (C=O) groups is 2. The van der Waals surface area contributed by atoms with Crippen LogP contribution < -0.4 is 5.32 Å². The fourth-order valence-corrected chi connectivity index (χ4v) is 3.21. The summed E-state index contributed by atoms with van der Waals surface area (Å²) >= 11 is 0. The molecule has 6 heteroatoms. The molecule has 27 heavy (non-hydrogen) atoms. The van der Waals surface area contributed by atoms with Crippen molar-refractivity contribution in [3.63, 3.8) is 0 Å². The lowest BCUT2D eigenvalue weighted by Gasteiger charge is -2.32. The van der Waals surface area contributed by atoms with E-state index in [1.807, 2.05) is 58.3 Å². The Bertz CT molecular complexity index is 733. The molecule has 0 aliphatic carbocycles. The molecule has 3 rings (SSSR count). The Kier molecular flexibility index (Phi) is 6.52. The summed E-state index contributed by atoms with van der Waals surface area (Å²) < 4.78 is 7.14. The van der Waals surface area contributed by atoms with Crippen LogP contribution in [0.3, 0.4) is 0 Å². The zero-order valence-corrected chi connectivity index (χ0v) is 15.8. The summed E-state index contributed by atoms with van der Waals surface area (Å²) in [6, 6.07) is 11.6. The summed E-state index contributed by atoms with van der Waals surface area (Å²) in [6.45, 7) is 3.79. The van der Waals surface area contributed by atoms with Gasteiger partial charge in [-0.2, -0.15) is 0 Å². The minimum absolute atomic E-state index is 0.0398. The fourth-order valence-electron chi connectivity index (χ4n) is 3.21. The first-order chi connectivity index (χ1) is 13.2. The maximum absolute atomic E-state index is 12.7. The summed E-state index contributed by atoms with van der Waals surface area (Å²) in [5.74, 6) is 0.0398. The lowest BCUT2D eigenvalue weighted by atomic mass is 10.0. The Labute approximate surface area is 160 Å². The highest BCUT2D eigenvalue weighted by atomic mass is 16.5. The summed E-state index contributed by atoms with van der Waals surface area (Å²) in [7, 11) is 0. The zero-order chi connectivity index (χ0) is 19.1. The average molecular weight is 369 g/mol. The molecule has 0 bridgehead atoms. The van der Waals surface area contributed by atoms with Crippen LogP contribution in [0.25, 0.3) is 5.69 Å². The lowest BCUT2D eigenvalue weighted by Crippen LogP contribution is -2.46. The van der Waals surface area contributed by atoms with Gasteiger partial charge < -0.3 is 19.5 Å². The highest BCUT2D eigenvalue weighted by Crippen LogP contribution is 2.16. The van der Waals surface area contributed by atoms with Crippen LogP contribution in [-0.2, 0) is 4.74 Å². The van der Waals surface area contributed by atoms with Crippen LogP contribution in [0.1, 0.15) is 43.0 Å². The van der Waals surface area contributed by atoms with Crippen LogP contribution >= 0.6 is 0 Å². The lowest BCUT2D eigenvalue weighted by molar-refractivity contribution is 0.0702. The largest absolute Gasteiger partial charge is 0.450 e. The van der Waals surface area contributed by atoms with Gasteiger partial charge in [0.05, 0.1) is 6.61 Å². The predicted octanol–water partition coefficient (Wildman–Crippen LogP) is 3.61. The van der Waals surface area contributed by atoms with Gasteiger partial charge in [-0.1, -0.05) is 13.3 Å². The minimum atomic E-state index is -0.353.